The second-order valence-electron chi connectivity index (χ2n) is 27.3. The molecule has 0 atom stereocenters. The summed E-state index contributed by atoms with van der Waals surface area (Å²) in [6.07, 6.45) is 3.41. The van der Waals surface area contributed by atoms with Crippen molar-refractivity contribution in [2.45, 2.75) is 180 Å². The van der Waals surface area contributed by atoms with Gasteiger partial charge in [-0.2, -0.15) is 0 Å². The SMILES string of the molecule is CC(C)(C)c1cc2c3c(c1)N(c1ccc4c(c1)C(C)(C)CC4(C)C)c1cc4c(cc1B3c1cc(C(C)(C)c3ccccc3)ccc1N2c1ccc2c(c1)C(C)(C)CC2(C)C)C(C)(C)CC4(C)C. The molecular weight excluding hydrogens is 808 g/mol. The van der Waals surface area contributed by atoms with Gasteiger partial charge in [0.2, 0.25) is 0 Å². The minimum Gasteiger partial charge on any atom is -0.311 e. The molecule has 0 spiro atoms. The highest BCUT2D eigenvalue weighted by atomic mass is 15.2. The number of nitrogens with zero attached hydrogens (tertiary/aromatic N) is 2. The highest BCUT2D eigenvalue weighted by Crippen LogP contribution is 2.56. The van der Waals surface area contributed by atoms with Crippen molar-refractivity contribution in [3.05, 3.63) is 159 Å². The zero-order valence-electron chi connectivity index (χ0n) is 44.0. The van der Waals surface area contributed by atoms with E-state index < -0.39 is 0 Å². The van der Waals surface area contributed by atoms with Crippen LogP contribution in [-0.4, -0.2) is 6.71 Å². The molecular formula is C64H75BN2. The van der Waals surface area contributed by atoms with Gasteiger partial charge in [0.15, 0.2) is 0 Å². The second-order valence-corrected chi connectivity index (χ2v) is 27.3. The molecule has 2 heterocycles. The summed E-state index contributed by atoms with van der Waals surface area (Å²) in [7, 11) is 0. The van der Waals surface area contributed by atoms with Gasteiger partial charge in [0, 0.05) is 39.5 Å². The summed E-state index contributed by atoms with van der Waals surface area (Å²) in [5.74, 6) is 0. The summed E-state index contributed by atoms with van der Waals surface area (Å²) in [6, 6.07) is 44.2. The van der Waals surface area contributed by atoms with Gasteiger partial charge in [-0.3, -0.25) is 0 Å². The van der Waals surface area contributed by atoms with Crippen LogP contribution in [0.4, 0.5) is 34.1 Å². The van der Waals surface area contributed by atoms with Crippen LogP contribution in [0.2, 0.25) is 0 Å². The van der Waals surface area contributed by atoms with Gasteiger partial charge in [0.25, 0.3) is 6.71 Å². The molecule has 0 amide bonds. The molecule has 3 aliphatic carbocycles. The molecule has 0 aromatic heterocycles. The Morgan fingerprint density at radius 3 is 1.30 bits per heavy atom. The van der Waals surface area contributed by atoms with E-state index in [4.69, 9.17) is 0 Å². The first kappa shape index (κ1) is 44.5. The lowest BCUT2D eigenvalue weighted by molar-refractivity contribution is 0.402. The zero-order chi connectivity index (χ0) is 48.0. The van der Waals surface area contributed by atoms with Crippen LogP contribution in [0.1, 0.15) is 187 Å². The monoisotopic (exact) mass is 883 g/mol. The molecule has 2 aliphatic heterocycles. The fourth-order valence-electron chi connectivity index (χ4n) is 15.1. The molecule has 2 nitrogen and oxygen atoms in total. The van der Waals surface area contributed by atoms with Crippen LogP contribution >= 0.6 is 0 Å². The summed E-state index contributed by atoms with van der Waals surface area (Å²) in [6.45, 7) is 41.6. The van der Waals surface area contributed by atoms with E-state index in [1.807, 2.05) is 0 Å². The lowest BCUT2D eigenvalue weighted by Gasteiger charge is -2.46. The van der Waals surface area contributed by atoms with Crippen LogP contribution in [0.5, 0.6) is 0 Å². The van der Waals surface area contributed by atoms with Crippen LogP contribution in [0.25, 0.3) is 0 Å². The predicted octanol–water partition coefficient (Wildman–Crippen LogP) is 15.3. The maximum atomic E-state index is 2.72. The maximum Gasteiger partial charge on any atom is 0.252 e. The normalized spacial score (nSPS) is 20.5. The Kier molecular flexibility index (Phi) is 9.04. The largest absolute Gasteiger partial charge is 0.311 e. The molecule has 11 rings (SSSR count). The van der Waals surface area contributed by atoms with Crippen molar-refractivity contribution < 1.29 is 0 Å². The lowest BCUT2D eigenvalue weighted by Crippen LogP contribution is -2.62. The van der Waals surface area contributed by atoms with E-state index >= 15 is 0 Å². The van der Waals surface area contributed by atoms with E-state index in [9.17, 15) is 0 Å². The Morgan fingerprint density at radius 1 is 0.373 bits per heavy atom. The molecule has 344 valence electrons. The van der Waals surface area contributed by atoms with Crippen molar-refractivity contribution in [1.29, 1.82) is 0 Å². The molecule has 3 heteroatoms. The Bertz CT molecular complexity index is 3070. The molecule has 6 aromatic rings. The quantitative estimate of drug-likeness (QED) is 0.163. The van der Waals surface area contributed by atoms with Gasteiger partial charge in [0.1, 0.15) is 0 Å². The van der Waals surface area contributed by atoms with E-state index in [1.54, 1.807) is 0 Å². The lowest BCUT2D eigenvalue weighted by atomic mass is 9.33. The second kappa shape index (κ2) is 13.6. The number of fused-ring (bicyclic) bond motifs is 7. The third-order valence-electron chi connectivity index (χ3n) is 17.8. The first-order chi connectivity index (χ1) is 31.0. The Hall–Kier alpha value is -5.02. The van der Waals surface area contributed by atoms with E-state index in [0.29, 0.717) is 0 Å². The van der Waals surface area contributed by atoms with Crippen LogP contribution in [0.15, 0.2) is 109 Å². The van der Waals surface area contributed by atoms with Crippen LogP contribution in [-0.2, 0) is 43.3 Å². The Labute approximate surface area is 404 Å². The predicted molar refractivity (Wildman–Crippen MR) is 290 cm³/mol. The van der Waals surface area contributed by atoms with Gasteiger partial charge in [-0.25, -0.2) is 0 Å². The summed E-state index contributed by atoms with van der Waals surface area (Å²) in [5, 5.41) is 0. The van der Waals surface area contributed by atoms with Gasteiger partial charge in [-0.15, -0.1) is 0 Å². The van der Waals surface area contributed by atoms with E-state index in [2.05, 4.69) is 237 Å². The molecule has 0 bridgehead atoms. The number of benzene rings is 6. The number of hydrogen-bond acceptors (Lipinski definition) is 2. The fraction of sp³-hybridized carbons (Fsp3) is 0.438. The summed E-state index contributed by atoms with van der Waals surface area (Å²) < 4.78 is 0. The highest BCUT2D eigenvalue weighted by Gasteiger charge is 2.50. The van der Waals surface area contributed by atoms with Crippen LogP contribution in [0.3, 0.4) is 0 Å². The molecule has 0 saturated heterocycles. The minimum atomic E-state index is -0.206. The van der Waals surface area contributed by atoms with Gasteiger partial charge in [-0.1, -0.05) is 178 Å². The van der Waals surface area contributed by atoms with Crippen LogP contribution < -0.4 is 26.2 Å². The maximum absolute atomic E-state index is 2.72. The van der Waals surface area contributed by atoms with Gasteiger partial charge < -0.3 is 9.80 Å². The smallest absolute Gasteiger partial charge is 0.252 e. The van der Waals surface area contributed by atoms with Gasteiger partial charge in [-0.05, 0) is 172 Å². The third kappa shape index (κ3) is 6.41. The average Bonchev–Trinajstić information content (AvgIpc) is 3.64. The standard InChI is InChI=1S/C64H75BN2/c1-57(2,3)41-30-54-56-55(31-41)67(43-25-27-45-47(33-43)61(10,11)37-59(45,6)7)53-35-49-48(62(12,13)38-63(49,14)15)34-51(53)65(56)50-29-40(64(16,17)39-21-19-18-20-22-39)23-28-52(50)66(54)42-24-26-44-46(32-42)60(8,9)36-58(44,4)5/h18-35H,36-38H2,1-17H3. The van der Waals surface area contributed by atoms with Crippen molar-refractivity contribution in [1.82, 2.24) is 0 Å². The number of rotatable bonds is 4. The fourth-order valence-corrected chi connectivity index (χ4v) is 15.1. The molecule has 67 heavy (non-hydrogen) atoms. The summed E-state index contributed by atoms with van der Waals surface area (Å²) in [4.78, 5) is 5.40. The molecule has 6 aromatic carbocycles. The number of anilines is 6. The number of hydrogen-bond donors (Lipinski definition) is 0. The Balaban J connectivity index is 1.27. The topological polar surface area (TPSA) is 6.48 Å². The molecule has 0 unspecified atom stereocenters. The minimum absolute atomic E-state index is 0.0301. The van der Waals surface area contributed by atoms with Crippen molar-refractivity contribution in [3.63, 3.8) is 0 Å². The summed E-state index contributed by atoms with van der Waals surface area (Å²) in [5.41, 5.74) is 25.2. The van der Waals surface area contributed by atoms with Crippen molar-refractivity contribution in [2.24, 2.45) is 0 Å². The van der Waals surface area contributed by atoms with E-state index in [1.165, 1.54) is 101 Å². The van der Waals surface area contributed by atoms with E-state index in [-0.39, 0.29) is 50.0 Å². The molecule has 0 radical (unpaired) electrons. The first-order valence-electron chi connectivity index (χ1n) is 25.5. The third-order valence-corrected chi connectivity index (χ3v) is 17.8. The molecule has 5 aliphatic rings. The molecule has 0 N–H and O–H groups in total. The van der Waals surface area contributed by atoms with Crippen molar-refractivity contribution >= 4 is 57.2 Å². The highest BCUT2D eigenvalue weighted by molar-refractivity contribution is 7.00. The zero-order valence-corrected chi connectivity index (χ0v) is 44.0. The average molecular weight is 883 g/mol. The van der Waals surface area contributed by atoms with Gasteiger partial charge >= 0.3 is 0 Å². The first-order valence-corrected chi connectivity index (χ1v) is 25.5. The molecule has 0 fully saturated rings. The van der Waals surface area contributed by atoms with Crippen molar-refractivity contribution in [3.8, 4) is 0 Å². The van der Waals surface area contributed by atoms with Crippen LogP contribution in [0, 0.1) is 0 Å². The van der Waals surface area contributed by atoms with Gasteiger partial charge in [0.05, 0.1) is 0 Å². The van der Waals surface area contributed by atoms with Crippen molar-refractivity contribution in [2.75, 3.05) is 9.80 Å². The summed E-state index contributed by atoms with van der Waals surface area (Å²) >= 11 is 0. The molecule has 0 saturated carbocycles. The Morgan fingerprint density at radius 2 is 0.806 bits per heavy atom. The van der Waals surface area contributed by atoms with E-state index in [0.717, 1.165) is 19.3 Å².